The fraction of sp³-hybridized carbons (Fsp3) is 0.185. The number of benzene rings is 3. The Morgan fingerprint density at radius 2 is 1.80 bits per heavy atom. The molecule has 0 aromatic heterocycles. The van der Waals surface area contributed by atoms with Crippen LogP contribution in [0.15, 0.2) is 75.0 Å². The largest absolute Gasteiger partial charge is 0.490 e. The molecule has 0 spiro atoms. The number of aliphatic imine (C=N–C) groups is 1. The van der Waals surface area contributed by atoms with Crippen LogP contribution in [-0.2, 0) is 17.8 Å². The summed E-state index contributed by atoms with van der Waals surface area (Å²) in [5.74, 6) is 0.979. The Labute approximate surface area is 222 Å². The van der Waals surface area contributed by atoms with Gasteiger partial charge in [0.25, 0.3) is 5.91 Å². The first-order valence-electron chi connectivity index (χ1n) is 11.2. The number of rotatable bonds is 8. The molecule has 1 amide bonds. The molecule has 3 aromatic carbocycles. The average Bonchev–Trinajstić information content (AvgIpc) is 3.19. The summed E-state index contributed by atoms with van der Waals surface area (Å²) in [5.41, 5.74) is 3.72. The van der Waals surface area contributed by atoms with Gasteiger partial charge in [-0.15, -0.1) is 0 Å². The predicted molar refractivity (Wildman–Crippen MR) is 148 cm³/mol. The Morgan fingerprint density at radius 1 is 1.06 bits per heavy atom. The van der Waals surface area contributed by atoms with E-state index in [0.717, 1.165) is 27.7 Å². The summed E-state index contributed by atoms with van der Waals surface area (Å²) in [5, 5.41) is 4.03. The predicted octanol–water partition coefficient (Wildman–Crippen LogP) is 7.53. The zero-order valence-electron chi connectivity index (χ0n) is 19.3. The fourth-order valence-corrected chi connectivity index (χ4v) is 4.82. The lowest BCUT2D eigenvalue weighted by Gasteiger charge is -2.14. The van der Waals surface area contributed by atoms with Crippen LogP contribution in [0.2, 0.25) is 5.02 Å². The van der Waals surface area contributed by atoms with E-state index < -0.39 is 0 Å². The van der Waals surface area contributed by atoms with Crippen LogP contribution < -0.4 is 14.8 Å². The van der Waals surface area contributed by atoms with Crippen molar-refractivity contribution in [3.05, 3.63) is 91.8 Å². The van der Waals surface area contributed by atoms with Gasteiger partial charge in [-0.25, -0.2) is 4.99 Å². The molecule has 1 heterocycles. The number of aryl methyl sites for hydroxylation is 1. The van der Waals surface area contributed by atoms with E-state index in [2.05, 4.69) is 33.2 Å². The highest BCUT2D eigenvalue weighted by atomic mass is 79.9. The summed E-state index contributed by atoms with van der Waals surface area (Å²) in [4.78, 5) is 17.7. The number of nitrogens with zero attached hydrogens (tertiary/aromatic N) is 1. The van der Waals surface area contributed by atoms with Crippen molar-refractivity contribution in [2.45, 2.75) is 26.9 Å². The van der Waals surface area contributed by atoms with Gasteiger partial charge in [0, 0.05) is 15.1 Å². The summed E-state index contributed by atoms with van der Waals surface area (Å²) >= 11 is 11.2. The van der Waals surface area contributed by atoms with Crippen molar-refractivity contribution in [3.8, 4) is 11.5 Å². The Morgan fingerprint density at radius 3 is 2.51 bits per heavy atom. The SMILES string of the molecule is CCOc1cc(/C=C2\SC(=Nc3ccc(CC)cc3)NC2=O)c(Br)cc1OCc1ccccc1Cl. The number of amides is 1. The maximum atomic E-state index is 12.6. The van der Waals surface area contributed by atoms with Gasteiger partial charge in [0.1, 0.15) is 6.61 Å². The van der Waals surface area contributed by atoms with Gasteiger partial charge >= 0.3 is 0 Å². The maximum absolute atomic E-state index is 12.6. The second-order valence-corrected chi connectivity index (χ2v) is 9.93. The topological polar surface area (TPSA) is 59.9 Å². The third-order valence-electron chi connectivity index (χ3n) is 5.22. The molecule has 3 aromatic rings. The molecule has 1 fully saturated rings. The number of amidine groups is 1. The van der Waals surface area contributed by atoms with E-state index in [-0.39, 0.29) is 5.91 Å². The van der Waals surface area contributed by atoms with Crippen LogP contribution in [0.25, 0.3) is 6.08 Å². The Kier molecular flexibility index (Phi) is 8.55. The number of carbonyl (C=O) groups excluding carboxylic acids is 1. The Bertz CT molecular complexity index is 1290. The third kappa shape index (κ3) is 6.48. The second kappa shape index (κ2) is 11.8. The first-order valence-corrected chi connectivity index (χ1v) is 13.2. The van der Waals surface area contributed by atoms with Gasteiger partial charge in [-0.1, -0.05) is 64.8 Å². The minimum absolute atomic E-state index is 0.192. The van der Waals surface area contributed by atoms with Crippen LogP contribution in [0.5, 0.6) is 11.5 Å². The van der Waals surface area contributed by atoms with Gasteiger partial charge < -0.3 is 14.8 Å². The zero-order valence-corrected chi connectivity index (χ0v) is 22.5. The van der Waals surface area contributed by atoms with Crippen LogP contribution in [0.4, 0.5) is 5.69 Å². The molecule has 5 nitrogen and oxygen atoms in total. The highest BCUT2D eigenvalue weighted by molar-refractivity contribution is 9.10. The van der Waals surface area contributed by atoms with Crippen molar-refractivity contribution in [1.29, 1.82) is 0 Å². The smallest absolute Gasteiger partial charge is 0.264 e. The normalized spacial score (nSPS) is 15.5. The summed E-state index contributed by atoms with van der Waals surface area (Å²) in [6.07, 6.45) is 2.78. The summed E-state index contributed by atoms with van der Waals surface area (Å²) in [6, 6.07) is 19.2. The van der Waals surface area contributed by atoms with E-state index >= 15 is 0 Å². The molecule has 1 saturated heterocycles. The molecule has 1 aliphatic rings. The van der Waals surface area contributed by atoms with Gasteiger partial charge in [-0.05, 0) is 72.6 Å². The van der Waals surface area contributed by atoms with Crippen molar-refractivity contribution < 1.29 is 14.3 Å². The number of carbonyl (C=O) groups is 1. The fourth-order valence-electron chi connectivity index (χ4n) is 3.36. The van der Waals surface area contributed by atoms with Crippen molar-refractivity contribution in [2.75, 3.05) is 6.61 Å². The number of hydrogen-bond donors (Lipinski definition) is 1. The average molecular weight is 572 g/mol. The minimum atomic E-state index is -0.192. The summed E-state index contributed by atoms with van der Waals surface area (Å²) < 4.78 is 12.6. The molecule has 180 valence electrons. The summed E-state index contributed by atoms with van der Waals surface area (Å²) in [7, 11) is 0. The van der Waals surface area contributed by atoms with E-state index in [9.17, 15) is 4.79 Å². The quantitative estimate of drug-likeness (QED) is 0.284. The second-order valence-electron chi connectivity index (χ2n) is 7.64. The lowest BCUT2D eigenvalue weighted by Crippen LogP contribution is -2.19. The van der Waals surface area contributed by atoms with Crippen molar-refractivity contribution >= 4 is 62.1 Å². The molecule has 8 heteroatoms. The molecular formula is C27H24BrClN2O3S. The van der Waals surface area contributed by atoms with E-state index in [1.54, 1.807) is 0 Å². The number of hydrogen-bond acceptors (Lipinski definition) is 5. The molecule has 0 radical (unpaired) electrons. The van der Waals surface area contributed by atoms with Gasteiger partial charge in [0.15, 0.2) is 16.7 Å². The standard InChI is InChI=1S/C27H24BrClN2O3S/c1-3-17-9-11-20(12-10-17)30-27-31-26(32)25(35-27)14-19-13-23(33-4-2)24(15-21(19)28)34-16-18-7-5-6-8-22(18)29/h5-15H,3-4,16H2,1-2H3,(H,30,31,32)/b25-14-. The molecule has 35 heavy (non-hydrogen) atoms. The molecule has 0 saturated carbocycles. The number of nitrogens with one attached hydrogen (secondary N) is 1. The first kappa shape index (κ1) is 25.4. The molecule has 0 atom stereocenters. The Balaban J connectivity index is 1.55. The van der Waals surface area contributed by atoms with Crippen LogP contribution in [0.3, 0.4) is 0 Å². The first-order chi connectivity index (χ1) is 17.0. The van der Waals surface area contributed by atoms with E-state index in [4.69, 9.17) is 21.1 Å². The van der Waals surface area contributed by atoms with Crippen LogP contribution in [0, 0.1) is 0 Å². The highest BCUT2D eigenvalue weighted by Gasteiger charge is 2.24. The third-order valence-corrected chi connectivity index (χ3v) is 7.18. The minimum Gasteiger partial charge on any atom is -0.490 e. The van der Waals surface area contributed by atoms with E-state index in [1.807, 2.05) is 73.7 Å². The highest BCUT2D eigenvalue weighted by Crippen LogP contribution is 2.37. The van der Waals surface area contributed by atoms with Crippen molar-refractivity contribution in [3.63, 3.8) is 0 Å². The zero-order chi connectivity index (χ0) is 24.8. The molecular weight excluding hydrogens is 548 g/mol. The molecule has 0 aliphatic carbocycles. The lowest BCUT2D eigenvalue weighted by molar-refractivity contribution is -0.115. The van der Waals surface area contributed by atoms with E-state index in [1.165, 1.54) is 17.3 Å². The van der Waals surface area contributed by atoms with Gasteiger partial charge in [-0.2, -0.15) is 0 Å². The van der Waals surface area contributed by atoms with Crippen LogP contribution in [0.1, 0.15) is 30.5 Å². The maximum Gasteiger partial charge on any atom is 0.264 e. The molecule has 1 aliphatic heterocycles. The molecule has 4 rings (SSSR count). The molecule has 0 unspecified atom stereocenters. The van der Waals surface area contributed by atoms with E-state index in [0.29, 0.717) is 39.8 Å². The van der Waals surface area contributed by atoms with Gasteiger partial charge in [0.2, 0.25) is 0 Å². The summed E-state index contributed by atoms with van der Waals surface area (Å²) in [6.45, 7) is 4.80. The molecule has 0 bridgehead atoms. The van der Waals surface area contributed by atoms with Crippen LogP contribution in [-0.4, -0.2) is 17.7 Å². The monoisotopic (exact) mass is 570 g/mol. The van der Waals surface area contributed by atoms with Crippen molar-refractivity contribution in [2.24, 2.45) is 4.99 Å². The Hall–Kier alpha value is -2.74. The number of thioether (sulfide) groups is 1. The van der Waals surface area contributed by atoms with Gasteiger partial charge in [0.05, 0.1) is 17.2 Å². The van der Waals surface area contributed by atoms with Crippen molar-refractivity contribution in [1.82, 2.24) is 5.32 Å². The number of ether oxygens (including phenoxy) is 2. The van der Waals surface area contributed by atoms with Gasteiger partial charge in [-0.3, -0.25) is 4.79 Å². The van der Waals surface area contributed by atoms with Crippen LogP contribution >= 0.6 is 39.3 Å². The lowest BCUT2D eigenvalue weighted by atomic mass is 10.1. The number of halogens is 2. The molecule has 1 N–H and O–H groups in total.